The fourth-order valence-corrected chi connectivity index (χ4v) is 7.32. The largest absolute Gasteiger partial charge is 0.456 e. The minimum atomic E-state index is -0.478. The zero-order valence-corrected chi connectivity index (χ0v) is 22.2. The van der Waals surface area contributed by atoms with Crippen LogP contribution in [0.25, 0.3) is 33.1 Å². The van der Waals surface area contributed by atoms with Crippen LogP contribution >= 0.6 is 11.6 Å². The Labute approximate surface area is 236 Å². The Morgan fingerprint density at radius 2 is 1.12 bits per heavy atom. The quantitative estimate of drug-likeness (QED) is 0.209. The average Bonchev–Trinajstić information content (AvgIpc) is 3.51. The summed E-state index contributed by atoms with van der Waals surface area (Å²) in [5.41, 5.74) is 12.3. The van der Waals surface area contributed by atoms with E-state index < -0.39 is 5.41 Å². The predicted molar refractivity (Wildman–Crippen MR) is 164 cm³/mol. The molecule has 3 heteroatoms. The molecule has 0 radical (unpaired) electrons. The third kappa shape index (κ3) is 2.69. The van der Waals surface area contributed by atoms with Crippen LogP contribution in [0.2, 0.25) is 5.02 Å². The lowest BCUT2D eigenvalue weighted by Crippen LogP contribution is -2.36. The summed E-state index contributed by atoms with van der Waals surface area (Å²) >= 11 is 6.35. The molecule has 0 bridgehead atoms. The van der Waals surface area contributed by atoms with Gasteiger partial charge in [0.15, 0.2) is 0 Å². The third-order valence-corrected chi connectivity index (χ3v) is 8.98. The second-order valence-corrected chi connectivity index (χ2v) is 11.1. The van der Waals surface area contributed by atoms with Crippen LogP contribution in [-0.4, -0.2) is 0 Å². The molecule has 0 unspecified atom stereocenters. The molecule has 40 heavy (non-hydrogen) atoms. The first-order valence-corrected chi connectivity index (χ1v) is 13.9. The maximum Gasteiger partial charge on any atom is 0.137 e. The fraction of sp³-hybridized carbons (Fsp3) is 0.0270. The van der Waals surface area contributed by atoms with Crippen molar-refractivity contribution in [3.63, 3.8) is 0 Å². The summed E-state index contributed by atoms with van der Waals surface area (Å²) in [6.45, 7) is 0. The Balaban J connectivity index is 1.50. The standard InChI is InChI=1S/C37H22ClNO/c38-23-17-19-24(20-18-23)39-33-15-7-6-14-31(33)37(29-12-4-1-9-25(29)26-10-2-5-13-30(26)37)32-21-28-27-11-3-8-16-35(27)40-36(28)22-34(32)39/h1-22H. The zero-order chi connectivity index (χ0) is 26.4. The molecule has 2 nitrogen and oxygen atoms in total. The minimum Gasteiger partial charge on any atom is -0.456 e. The minimum absolute atomic E-state index is 0.478. The SMILES string of the molecule is Clc1ccc(N2c3ccccc3C3(c4ccccc4-c4ccccc43)c3cc4c(cc32)oc2ccccc24)cc1. The van der Waals surface area contributed by atoms with Gasteiger partial charge in [0.1, 0.15) is 11.2 Å². The summed E-state index contributed by atoms with van der Waals surface area (Å²) in [6, 6.07) is 47.7. The van der Waals surface area contributed by atoms with Crippen molar-refractivity contribution in [2.75, 3.05) is 4.90 Å². The van der Waals surface area contributed by atoms with Gasteiger partial charge in [0, 0.05) is 27.5 Å². The van der Waals surface area contributed by atoms with Gasteiger partial charge in [-0.2, -0.15) is 0 Å². The third-order valence-electron chi connectivity index (χ3n) is 8.73. The van der Waals surface area contributed by atoms with Gasteiger partial charge in [-0.05, 0) is 75.8 Å². The van der Waals surface area contributed by atoms with E-state index in [2.05, 4.69) is 120 Å². The molecule has 0 saturated heterocycles. The smallest absolute Gasteiger partial charge is 0.137 e. The van der Waals surface area contributed by atoms with E-state index in [0.29, 0.717) is 0 Å². The molecule has 188 valence electrons. The average molecular weight is 532 g/mol. The summed E-state index contributed by atoms with van der Waals surface area (Å²) in [7, 11) is 0. The number of furan rings is 1. The second-order valence-electron chi connectivity index (χ2n) is 10.6. The van der Waals surface area contributed by atoms with Gasteiger partial charge in [-0.1, -0.05) is 96.5 Å². The molecule has 6 aromatic carbocycles. The van der Waals surface area contributed by atoms with E-state index in [9.17, 15) is 0 Å². The van der Waals surface area contributed by atoms with Crippen LogP contribution in [-0.2, 0) is 5.41 Å². The first kappa shape index (κ1) is 22.1. The van der Waals surface area contributed by atoms with Crippen LogP contribution in [0.15, 0.2) is 138 Å². The molecule has 0 saturated carbocycles. The Kier molecular flexibility index (Phi) is 4.35. The van der Waals surface area contributed by atoms with Gasteiger partial charge in [0.2, 0.25) is 0 Å². The van der Waals surface area contributed by atoms with Gasteiger partial charge in [-0.3, -0.25) is 0 Å². The Morgan fingerprint density at radius 3 is 1.88 bits per heavy atom. The topological polar surface area (TPSA) is 16.4 Å². The molecule has 1 aliphatic heterocycles. The molecule has 7 aromatic rings. The van der Waals surface area contributed by atoms with E-state index in [1.807, 2.05) is 18.2 Å². The number of rotatable bonds is 1. The normalized spacial score (nSPS) is 14.3. The lowest BCUT2D eigenvalue weighted by Gasteiger charge is -2.45. The first-order valence-electron chi connectivity index (χ1n) is 13.6. The highest BCUT2D eigenvalue weighted by molar-refractivity contribution is 6.30. The molecule has 0 atom stereocenters. The number of anilines is 3. The number of nitrogens with zero attached hydrogens (tertiary/aromatic N) is 1. The highest BCUT2D eigenvalue weighted by Crippen LogP contribution is 2.63. The summed E-state index contributed by atoms with van der Waals surface area (Å²) in [5, 5.41) is 2.98. The maximum atomic E-state index is 6.45. The molecule has 1 aromatic heterocycles. The number of benzene rings is 6. The van der Waals surface area contributed by atoms with E-state index >= 15 is 0 Å². The van der Waals surface area contributed by atoms with Crippen molar-refractivity contribution in [1.82, 2.24) is 0 Å². The fourth-order valence-electron chi connectivity index (χ4n) is 7.19. The van der Waals surface area contributed by atoms with Crippen molar-refractivity contribution >= 4 is 50.6 Å². The van der Waals surface area contributed by atoms with Crippen LogP contribution in [0, 0.1) is 0 Å². The molecule has 0 amide bonds. The van der Waals surface area contributed by atoms with Gasteiger partial charge in [-0.15, -0.1) is 0 Å². The highest BCUT2D eigenvalue weighted by Gasteiger charge is 2.51. The molecular weight excluding hydrogens is 510 g/mol. The van der Waals surface area contributed by atoms with Gasteiger partial charge in [0.05, 0.1) is 16.8 Å². The molecular formula is C37H22ClNO. The summed E-state index contributed by atoms with van der Waals surface area (Å²) in [6.07, 6.45) is 0. The molecule has 1 spiro atoms. The lowest BCUT2D eigenvalue weighted by atomic mass is 9.64. The molecule has 9 rings (SSSR count). The van der Waals surface area contributed by atoms with Crippen molar-refractivity contribution in [3.05, 3.63) is 161 Å². The highest BCUT2D eigenvalue weighted by atomic mass is 35.5. The number of fused-ring (bicyclic) bond motifs is 12. The van der Waals surface area contributed by atoms with Crippen molar-refractivity contribution in [2.24, 2.45) is 0 Å². The van der Waals surface area contributed by atoms with E-state index in [-0.39, 0.29) is 0 Å². The van der Waals surface area contributed by atoms with Crippen LogP contribution in [0.3, 0.4) is 0 Å². The molecule has 2 aliphatic rings. The van der Waals surface area contributed by atoms with Crippen LogP contribution in [0.4, 0.5) is 17.1 Å². The van der Waals surface area contributed by atoms with Crippen molar-refractivity contribution in [2.45, 2.75) is 5.41 Å². The predicted octanol–water partition coefficient (Wildman–Crippen LogP) is 10.4. The van der Waals surface area contributed by atoms with Crippen LogP contribution in [0.1, 0.15) is 22.3 Å². The number of hydrogen-bond acceptors (Lipinski definition) is 2. The van der Waals surface area contributed by atoms with Gasteiger partial charge < -0.3 is 9.32 Å². The van der Waals surface area contributed by atoms with Crippen LogP contribution < -0.4 is 4.90 Å². The van der Waals surface area contributed by atoms with Crippen molar-refractivity contribution in [1.29, 1.82) is 0 Å². The lowest BCUT2D eigenvalue weighted by molar-refractivity contribution is 0.667. The molecule has 1 aliphatic carbocycles. The molecule has 0 fully saturated rings. The molecule has 0 N–H and O–H groups in total. The first-order chi connectivity index (χ1) is 19.7. The number of halogens is 1. The summed E-state index contributed by atoms with van der Waals surface area (Å²) < 4.78 is 6.45. The van der Waals surface area contributed by atoms with Crippen molar-refractivity contribution < 1.29 is 4.42 Å². The molecule has 2 heterocycles. The monoisotopic (exact) mass is 531 g/mol. The Morgan fingerprint density at radius 1 is 0.500 bits per heavy atom. The van der Waals surface area contributed by atoms with E-state index in [4.69, 9.17) is 16.0 Å². The van der Waals surface area contributed by atoms with Gasteiger partial charge in [-0.25, -0.2) is 0 Å². The maximum absolute atomic E-state index is 6.45. The van der Waals surface area contributed by atoms with E-state index in [0.717, 1.165) is 44.0 Å². The summed E-state index contributed by atoms with van der Waals surface area (Å²) in [5.74, 6) is 0. The van der Waals surface area contributed by atoms with E-state index in [1.54, 1.807) is 0 Å². The second kappa shape index (κ2) is 7.88. The number of hydrogen-bond donors (Lipinski definition) is 0. The van der Waals surface area contributed by atoms with Crippen molar-refractivity contribution in [3.8, 4) is 11.1 Å². The summed E-state index contributed by atoms with van der Waals surface area (Å²) in [4.78, 5) is 2.36. The van der Waals surface area contributed by atoms with Gasteiger partial charge in [0.25, 0.3) is 0 Å². The Hall–Kier alpha value is -4.79. The van der Waals surface area contributed by atoms with Crippen LogP contribution in [0.5, 0.6) is 0 Å². The van der Waals surface area contributed by atoms with E-state index in [1.165, 1.54) is 33.4 Å². The van der Waals surface area contributed by atoms with Gasteiger partial charge >= 0.3 is 0 Å². The Bertz CT molecular complexity index is 2090. The zero-order valence-electron chi connectivity index (χ0n) is 21.4. The number of para-hydroxylation sites is 2.